The minimum Gasteiger partial charge on any atom is -0.359 e. The fourth-order valence-corrected chi connectivity index (χ4v) is 7.05. The summed E-state index contributed by atoms with van der Waals surface area (Å²) >= 11 is 6.40. The molecule has 4 saturated carbocycles. The molecule has 178 valence electrons. The van der Waals surface area contributed by atoms with Crippen LogP contribution in [0.1, 0.15) is 44.9 Å². The van der Waals surface area contributed by atoms with E-state index in [0.717, 1.165) is 42.7 Å². The third-order valence-electron chi connectivity index (χ3n) is 7.67. The SMILES string of the molecule is O=C1CN(c2ccc(NC(=O)CCNC(=O)NC34CC5CC(CC(C5)C3)C4)cc2Cl)CCN1. The van der Waals surface area contributed by atoms with Gasteiger partial charge >= 0.3 is 6.03 Å². The highest BCUT2D eigenvalue weighted by Gasteiger charge is 2.51. The standard InChI is InChI=1S/C24H32ClN5O3/c25-19-10-18(1-2-20(19)30-6-5-26-22(32)14-30)28-21(31)3-4-27-23(33)29-24-11-15-7-16(12-24)9-17(8-15)13-24/h1-2,10,15-17H,3-9,11-14H2,(H,26,32)(H,28,31)(H2,27,29,33). The number of hydrogen-bond acceptors (Lipinski definition) is 4. The molecule has 4 bridgehead atoms. The topological polar surface area (TPSA) is 103 Å². The summed E-state index contributed by atoms with van der Waals surface area (Å²) in [5.74, 6) is 2.09. The van der Waals surface area contributed by atoms with Crippen LogP contribution in [0, 0.1) is 17.8 Å². The Morgan fingerprint density at radius 1 is 1.12 bits per heavy atom. The molecule has 4 aliphatic carbocycles. The lowest BCUT2D eigenvalue weighted by Crippen LogP contribution is -2.61. The molecule has 0 spiro atoms. The van der Waals surface area contributed by atoms with Crippen molar-refractivity contribution in [3.63, 3.8) is 0 Å². The van der Waals surface area contributed by atoms with Crippen LogP contribution >= 0.6 is 11.6 Å². The number of anilines is 2. The highest BCUT2D eigenvalue weighted by molar-refractivity contribution is 6.33. The van der Waals surface area contributed by atoms with E-state index < -0.39 is 0 Å². The van der Waals surface area contributed by atoms with Crippen LogP contribution in [0.3, 0.4) is 0 Å². The zero-order valence-corrected chi connectivity index (χ0v) is 19.5. The number of nitrogens with one attached hydrogen (secondary N) is 4. The summed E-state index contributed by atoms with van der Waals surface area (Å²) in [5.41, 5.74) is 1.33. The molecule has 4 N–H and O–H groups in total. The van der Waals surface area contributed by atoms with E-state index in [2.05, 4.69) is 21.3 Å². The fraction of sp³-hybridized carbons (Fsp3) is 0.625. The van der Waals surface area contributed by atoms with Crippen molar-refractivity contribution in [2.75, 3.05) is 36.4 Å². The summed E-state index contributed by atoms with van der Waals surface area (Å²) in [5, 5.41) is 12.2. The summed E-state index contributed by atoms with van der Waals surface area (Å²) in [7, 11) is 0. The van der Waals surface area contributed by atoms with Gasteiger partial charge in [0.05, 0.1) is 17.3 Å². The quantitative estimate of drug-likeness (QED) is 0.510. The molecule has 0 atom stereocenters. The predicted octanol–water partition coefficient (Wildman–Crippen LogP) is 2.87. The van der Waals surface area contributed by atoms with Crippen molar-refractivity contribution in [2.24, 2.45) is 17.8 Å². The van der Waals surface area contributed by atoms with Crippen molar-refractivity contribution >= 4 is 40.8 Å². The van der Waals surface area contributed by atoms with Crippen molar-refractivity contribution in [1.82, 2.24) is 16.0 Å². The smallest absolute Gasteiger partial charge is 0.315 e. The van der Waals surface area contributed by atoms with Gasteiger partial charge in [0, 0.05) is 37.3 Å². The zero-order chi connectivity index (χ0) is 23.0. The molecule has 0 aromatic heterocycles. The number of rotatable bonds is 6. The van der Waals surface area contributed by atoms with Crippen molar-refractivity contribution in [2.45, 2.75) is 50.5 Å². The van der Waals surface area contributed by atoms with E-state index in [-0.39, 0.29) is 42.9 Å². The minimum absolute atomic E-state index is 0.0329. The van der Waals surface area contributed by atoms with Gasteiger partial charge in [-0.2, -0.15) is 0 Å². The number of hydrogen-bond donors (Lipinski definition) is 4. The van der Waals surface area contributed by atoms with Crippen LogP contribution in [0.5, 0.6) is 0 Å². The van der Waals surface area contributed by atoms with Crippen molar-refractivity contribution in [3.8, 4) is 0 Å². The molecule has 8 nitrogen and oxygen atoms in total. The molecule has 6 rings (SSSR count). The van der Waals surface area contributed by atoms with E-state index in [1.54, 1.807) is 12.1 Å². The van der Waals surface area contributed by atoms with Crippen LogP contribution in [-0.4, -0.2) is 49.6 Å². The minimum atomic E-state index is -0.189. The number of urea groups is 1. The second-order valence-corrected chi connectivity index (χ2v) is 10.7. The summed E-state index contributed by atoms with van der Waals surface area (Å²) in [4.78, 5) is 38.4. The Kier molecular flexibility index (Phi) is 6.12. The molecule has 1 heterocycles. The lowest BCUT2D eigenvalue weighted by molar-refractivity contribution is -0.120. The Labute approximate surface area is 199 Å². The van der Waals surface area contributed by atoms with Crippen molar-refractivity contribution in [3.05, 3.63) is 23.2 Å². The first-order valence-electron chi connectivity index (χ1n) is 12.0. The highest BCUT2D eigenvalue weighted by atomic mass is 35.5. The Balaban J connectivity index is 1.07. The van der Waals surface area contributed by atoms with Gasteiger partial charge in [0.2, 0.25) is 11.8 Å². The Morgan fingerprint density at radius 2 is 1.82 bits per heavy atom. The maximum atomic E-state index is 12.5. The van der Waals surface area contributed by atoms with Crippen LogP contribution in [0.25, 0.3) is 0 Å². The fourth-order valence-electron chi connectivity index (χ4n) is 6.75. The predicted molar refractivity (Wildman–Crippen MR) is 127 cm³/mol. The lowest BCUT2D eigenvalue weighted by Gasteiger charge is -2.56. The third kappa shape index (κ3) is 5.05. The molecular weight excluding hydrogens is 442 g/mol. The van der Waals surface area contributed by atoms with E-state index >= 15 is 0 Å². The molecule has 1 aromatic carbocycles. The monoisotopic (exact) mass is 473 g/mol. The average Bonchev–Trinajstić information content (AvgIpc) is 2.72. The maximum Gasteiger partial charge on any atom is 0.315 e. The molecule has 9 heteroatoms. The van der Waals surface area contributed by atoms with E-state index in [4.69, 9.17) is 11.6 Å². The molecule has 33 heavy (non-hydrogen) atoms. The van der Waals surface area contributed by atoms with Crippen LogP contribution in [-0.2, 0) is 9.59 Å². The Bertz CT molecular complexity index is 917. The van der Waals surface area contributed by atoms with Gasteiger partial charge in [-0.15, -0.1) is 0 Å². The zero-order valence-electron chi connectivity index (χ0n) is 18.8. The highest BCUT2D eigenvalue weighted by Crippen LogP contribution is 2.55. The van der Waals surface area contributed by atoms with Crippen LogP contribution in [0.2, 0.25) is 5.02 Å². The Hall–Kier alpha value is -2.48. The van der Waals surface area contributed by atoms with E-state index in [1.165, 1.54) is 19.3 Å². The normalized spacial score (nSPS) is 30.0. The first-order valence-corrected chi connectivity index (χ1v) is 12.4. The molecule has 5 fully saturated rings. The number of amides is 4. The average molecular weight is 474 g/mol. The van der Waals surface area contributed by atoms with Crippen LogP contribution in [0.15, 0.2) is 18.2 Å². The molecule has 1 aliphatic heterocycles. The van der Waals surface area contributed by atoms with E-state index in [1.807, 2.05) is 11.0 Å². The van der Waals surface area contributed by atoms with Crippen molar-refractivity contribution < 1.29 is 14.4 Å². The van der Waals surface area contributed by atoms with Gasteiger partial charge in [-0.3, -0.25) is 9.59 Å². The number of halogens is 1. The number of carbonyl (C=O) groups excluding carboxylic acids is 3. The van der Waals surface area contributed by atoms with Gasteiger partial charge in [0.15, 0.2) is 0 Å². The molecule has 0 radical (unpaired) electrons. The second kappa shape index (κ2) is 9.05. The van der Waals surface area contributed by atoms with Gasteiger partial charge < -0.3 is 26.2 Å². The van der Waals surface area contributed by atoms with Crippen molar-refractivity contribution in [1.29, 1.82) is 0 Å². The molecule has 1 aromatic rings. The number of nitrogens with zero attached hydrogens (tertiary/aromatic N) is 1. The van der Waals surface area contributed by atoms with E-state index in [9.17, 15) is 14.4 Å². The summed E-state index contributed by atoms with van der Waals surface area (Å²) in [6, 6.07) is 5.11. The van der Waals surface area contributed by atoms with Gasteiger partial charge in [0.25, 0.3) is 0 Å². The van der Waals surface area contributed by atoms with Gasteiger partial charge in [-0.1, -0.05) is 11.6 Å². The number of carbonyl (C=O) groups is 3. The molecule has 4 amide bonds. The van der Waals surface area contributed by atoms with Crippen LogP contribution < -0.4 is 26.2 Å². The maximum absolute atomic E-state index is 12.5. The third-order valence-corrected chi connectivity index (χ3v) is 7.97. The van der Waals surface area contributed by atoms with Gasteiger partial charge in [0.1, 0.15) is 0 Å². The number of piperazine rings is 1. The summed E-state index contributed by atoms with van der Waals surface area (Å²) in [6.45, 7) is 1.81. The molecule has 1 saturated heterocycles. The Morgan fingerprint density at radius 3 is 2.45 bits per heavy atom. The first kappa shape index (κ1) is 22.3. The van der Waals surface area contributed by atoms with Gasteiger partial charge in [-0.05, 0) is 74.5 Å². The second-order valence-electron chi connectivity index (χ2n) is 10.3. The number of benzene rings is 1. The summed E-state index contributed by atoms with van der Waals surface area (Å²) < 4.78 is 0. The molecule has 5 aliphatic rings. The van der Waals surface area contributed by atoms with Crippen LogP contribution in [0.4, 0.5) is 16.2 Å². The summed E-state index contributed by atoms with van der Waals surface area (Å²) in [6.07, 6.45) is 7.49. The van der Waals surface area contributed by atoms with E-state index in [0.29, 0.717) is 23.8 Å². The molecular formula is C24H32ClN5O3. The lowest BCUT2D eigenvalue weighted by atomic mass is 9.53. The first-order chi connectivity index (χ1) is 15.9. The van der Waals surface area contributed by atoms with Gasteiger partial charge in [-0.25, -0.2) is 4.79 Å². The largest absolute Gasteiger partial charge is 0.359 e. The molecule has 0 unspecified atom stereocenters.